The first-order valence-corrected chi connectivity index (χ1v) is 9.49. The summed E-state index contributed by atoms with van der Waals surface area (Å²) in [5, 5.41) is 15.8. The van der Waals surface area contributed by atoms with Crippen LogP contribution in [-0.4, -0.2) is 36.1 Å². The number of halogens is 2. The fraction of sp³-hybridized carbons (Fsp3) is 0.450. The van der Waals surface area contributed by atoms with E-state index in [1.54, 1.807) is 12.1 Å². The zero-order chi connectivity index (χ0) is 19.2. The lowest BCUT2D eigenvalue weighted by Gasteiger charge is -2.33. The number of aromatic nitrogens is 2. The summed E-state index contributed by atoms with van der Waals surface area (Å²) in [5.41, 5.74) is 8.50. The number of anilines is 4. The van der Waals surface area contributed by atoms with E-state index in [9.17, 15) is 5.26 Å². The SMILES string of the molecule is CCCc1cc(N2CCCC(NC)C2)nc(Nc2ccc(N)c(C#N)c2)n1.Cl.Cl. The predicted octanol–water partition coefficient (Wildman–Crippen LogP) is 3.66. The molecule has 0 spiro atoms. The minimum Gasteiger partial charge on any atom is -0.398 e. The second-order valence-electron chi connectivity index (χ2n) is 6.90. The van der Waals surface area contributed by atoms with Gasteiger partial charge in [-0.3, -0.25) is 0 Å². The van der Waals surface area contributed by atoms with Crippen LogP contribution in [0.3, 0.4) is 0 Å². The Bertz CT molecular complexity index is 838. The Labute approximate surface area is 184 Å². The maximum absolute atomic E-state index is 9.18. The van der Waals surface area contributed by atoms with Gasteiger partial charge in [-0.05, 0) is 44.5 Å². The third kappa shape index (κ3) is 6.36. The van der Waals surface area contributed by atoms with Gasteiger partial charge in [-0.1, -0.05) is 13.3 Å². The third-order valence-corrected chi connectivity index (χ3v) is 4.86. The lowest BCUT2D eigenvalue weighted by Crippen LogP contribution is -2.44. The number of likely N-dealkylation sites (N-methyl/N-ethyl adjacent to an activating group) is 1. The number of hydrogen-bond acceptors (Lipinski definition) is 7. The van der Waals surface area contributed by atoms with E-state index in [0.717, 1.165) is 49.6 Å². The maximum atomic E-state index is 9.18. The number of nitrogens with zero attached hydrogens (tertiary/aromatic N) is 4. The number of nitrogen functional groups attached to an aromatic ring is 1. The largest absolute Gasteiger partial charge is 0.398 e. The molecule has 1 aromatic heterocycles. The van der Waals surface area contributed by atoms with E-state index >= 15 is 0 Å². The van der Waals surface area contributed by atoms with Crippen molar-refractivity contribution in [1.29, 1.82) is 5.26 Å². The molecule has 2 heterocycles. The van der Waals surface area contributed by atoms with Crippen LogP contribution in [0.25, 0.3) is 0 Å². The van der Waals surface area contributed by atoms with Crippen LogP contribution >= 0.6 is 24.8 Å². The number of rotatable bonds is 6. The summed E-state index contributed by atoms with van der Waals surface area (Å²) < 4.78 is 0. The number of piperidine rings is 1. The van der Waals surface area contributed by atoms with Gasteiger partial charge in [-0.2, -0.15) is 10.2 Å². The van der Waals surface area contributed by atoms with Crippen LogP contribution in [0.1, 0.15) is 37.4 Å². The van der Waals surface area contributed by atoms with E-state index in [1.807, 2.05) is 13.1 Å². The molecule has 0 saturated carbocycles. The monoisotopic (exact) mass is 437 g/mol. The number of nitrogens with one attached hydrogen (secondary N) is 2. The zero-order valence-electron chi connectivity index (χ0n) is 16.8. The molecule has 1 aliphatic heterocycles. The molecule has 0 amide bonds. The van der Waals surface area contributed by atoms with E-state index in [-0.39, 0.29) is 24.8 Å². The van der Waals surface area contributed by atoms with Crippen LogP contribution in [-0.2, 0) is 6.42 Å². The van der Waals surface area contributed by atoms with Gasteiger partial charge in [0.1, 0.15) is 11.9 Å². The first-order valence-electron chi connectivity index (χ1n) is 9.49. The summed E-state index contributed by atoms with van der Waals surface area (Å²) >= 11 is 0. The molecule has 4 N–H and O–H groups in total. The Balaban J connectivity index is 0.00000210. The van der Waals surface area contributed by atoms with Crippen LogP contribution in [0.2, 0.25) is 0 Å². The summed E-state index contributed by atoms with van der Waals surface area (Å²) in [5.74, 6) is 1.50. The molecule has 0 bridgehead atoms. The van der Waals surface area contributed by atoms with Crippen molar-refractivity contribution >= 4 is 48.0 Å². The summed E-state index contributed by atoms with van der Waals surface area (Å²) in [4.78, 5) is 11.7. The normalized spacial score (nSPS) is 15.6. The molecular formula is C20H29Cl2N7. The molecule has 1 saturated heterocycles. The van der Waals surface area contributed by atoms with Gasteiger partial charge in [0.25, 0.3) is 0 Å². The smallest absolute Gasteiger partial charge is 0.229 e. The number of hydrogen-bond donors (Lipinski definition) is 3. The van der Waals surface area contributed by atoms with Gasteiger partial charge in [0, 0.05) is 42.3 Å². The van der Waals surface area contributed by atoms with Gasteiger partial charge in [0.15, 0.2) is 0 Å². The summed E-state index contributed by atoms with van der Waals surface area (Å²) in [7, 11) is 2.01. The Morgan fingerprint density at radius 3 is 2.76 bits per heavy atom. The van der Waals surface area contributed by atoms with E-state index in [0.29, 0.717) is 23.2 Å². The Morgan fingerprint density at radius 1 is 1.28 bits per heavy atom. The second-order valence-corrected chi connectivity index (χ2v) is 6.90. The standard InChI is InChI=1S/C20H27N7.2ClH/c1-3-5-15-11-19(27-9-4-6-17(13-27)23-2)26-20(24-15)25-16-7-8-18(22)14(10-16)12-21;;/h7-8,10-11,17,23H,3-6,9,13,22H2,1-2H3,(H,24,25,26);2*1H. The highest BCUT2D eigenvalue weighted by Gasteiger charge is 2.20. The number of nitriles is 1. The maximum Gasteiger partial charge on any atom is 0.229 e. The highest BCUT2D eigenvalue weighted by atomic mass is 35.5. The van der Waals surface area contributed by atoms with Crippen LogP contribution in [0.4, 0.5) is 23.1 Å². The molecule has 7 nitrogen and oxygen atoms in total. The lowest BCUT2D eigenvalue weighted by atomic mass is 10.1. The van der Waals surface area contributed by atoms with Crippen molar-refractivity contribution in [2.75, 3.05) is 36.1 Å². The van der Waals surface area contributed by atoms with E-state index < -0.39 is 0 Å². The van der Waals surface area contributed by atoms with Crippen molar-refractivity contribution in [2.24, 2.45) is 0 Å². The molecule has 1 fully saturated rings. The predicted molar refractivity (Wildman–Crippen MR) is 124 cm³/mol. The summed E-state index contributed by atoms with van der Waals surface area (Å²) in [6.45, 7) is 4.09. The molecule has 1 aromatic carbocycles. The molecule has 1 unspecified atom stereocenters. The van der Waals surface area contributed by atoms with E-state index in [4.69, 9.17) is 10.7 Å². The quantitative estimate of drug-likeness (QED) is 0.592. The molecule has 1 atom stereocenters. The minimum atomic E-state index is 0. The molecule has 158 valence electrons. The summed E-state index contributed by atoms with van der Waals surface area (Å²) in [6, 6.07) is 9.97. The van der Waals surface area contributed by atoms with Gasteiger partial charge in [-0.15, -0.1) is 24.8 Å². The minimum absolute atomic E-state index is 0. The molecular weight excluding hydrogens is 409 g/mol. The van der Waals surface area contributed by atoms with Crippen LogP contribution in [0.5, 0.6) is 0 Å². The van der Waals surface area contributed by atoms with Crippen molar-refractivity contribution in [3.63, 3.8) is 0 Å². The van der Waals surface area contributed by atoms with E-state index in [2.05, 4.69) is 39.6 Å². The van der Waals surface area contributed by atoms with Gasteiger partial charge in [-0.25, -0.2) is 4.98 Å². The number of nitrogens with two attached hydrogens (primary N) is 1. The van der Waals surface area contributed by atoms with Crippen LogP contribution < -0.4 is 21.3 Å². The first kappa shape index (κ1) is 24.8. The lowest BCUT2D eigenvalue weighted by molar-refractivity contribution is 0.447. The van der Waals surface area contributed by atoms with Crippen molar-refractivity contribution in [2.45, 2.75) is 38.6 Å². The fourth-order valence-electron chi connectivity index (χ4n) is 3.37. The van der Waals surface area contributed by atoms with Gasteiger partial charge in [0.05, 0.1) is 5.56 Å². The topological polar surface area (TPSA) is 103 Å². The fourth-order valence-corrected chi connectivity index (χ4v) is 3.37. The number of aryl methyl sites for hydroxylation is 1. The Kier molecular flexibility index (Phi) is 9.96. The average molecular weight is 438 g/mol. The highest BCUT2D eigenvalue weighted by molar-refractivity contribution is 5.85. The van der Waals surface area contributed by atoms with Crippen molar-refractivity contribution in [3.05, 3.63) is 35.5 Å². The van der Waals surface area contributed by atoms with Gasteiger partial charge in [0.2, 0.25) is 5.95 Å². The molecule has 1 aliphatic rings. The van der Waals surface area contributed by atoms with Gasteiger partial charge < -0.3 is 21.3 Å². The first-order chi connectivity index (χ1) is 13.1. The van der Waals surface area contributed by atoms with E-state index in [1.165, 1.54) is 6.42 Å². The zero-order valence-corrected chi connectivity index (χ0v) is 18.4. The summed E-state index contributed by atoms with van der Waals surface area (Å²) in [6.07, 6.45) is 4.26. The van der Waals surface area contributed by atoms with Crippen molar-refractivity contribution < 1.29 is 0 Å². The van der Waals surface area contributed by atoms with Gasteiger partial charge >= 0.3 is 0 Å². The van der Waals surface area contributed by atoms with Crippen LogP contribution in [0, 0.1) is 11.3 Å². The van der Waals surface area contributed by atoms with Crippen LogP contribution in [0.15, 0.2) is 24.3 Å². The highest BCUT2D eigenvalue weighted by Crippen LogP contribution is 2.24. The molecule has 0 aliphatic carbocycles. The van der Waals surface area contributed by atoms with Crippen molar-refractivity contribution in [1.82, 2.24) is 15.3 Å². The molecule has 29 heavy (non-hydrogen) atoms. The Hall–Kier alpha value is -2.27. The molecule has 9 heteroatoms. The molecule has 0 radical (unpaired) electrons. The number of benzene rings is 1. The third-order valence-electron chi connectivity index (χ3n) is 4.86. The molecule has 3 rings (SSSR count). The second kappa shape index (κ2) is 11.7. The average Bonchev–Trinajstić information content (AvgIpc) is 2.69. The Morgan fingerprint density at radius 2 is 2.07 bits per heavy atom. The molecule has 2 aromatic rings. The van der Waals surface area contributed by atoms with Crippen molar-refractivity contribution in [3.8, 4) is 6.07 Å².